The molecule has 0 amide bonds. The first-order chi connectivity index (χ1) is 12.7. The lowest BCUT2D eigenvalue weighted by atomic mass is 9.98. The van der Waals surface area contributed by atoms with E-state index in [9.17, 15) is 4.79 Å². The van der Waals surface area contributed by atoms with Gasteiger partial charge >= 0.3 is 5.97 Å². The van der Waals surface area contributed by atoms with E-state index in [4.69, 9.17) is 14.2 Å². The fourth-order valence-electron chi connectivity index (χ4n) is 3.05. The van der Waals surface area contributed by atoms with E-state index in [0.29, 0.717) is 12.4 Å². The highest BCUT2D eigenvalue weighted by Gasteiger charge is 2.22. The van der Waals surface area contributed by atoms with E-state index in [1.54, 1.807) is 6.92 Å². The van der Waals surface area contributed by atoms with Crippen molar-refractivity contribution >= 4 is 5.97 Å². The second kappa shape index (κ2) is 9.27. The van der Waals surface area contributed by atoms with E-state index in [0.717, 1.165) is 37.0 Å². The molecule has 4 nitrogen and oxygen atoms in total. The Kier molecular flexibility index (Phi) is 6.53. The van der Waals surface area contributed by atoms with E-state index in [1.807, 2.05) is 54.6 Å². The minimum atomic E-state index is -0.618. The lowest BCUT2D eigenvalue weighted by molar-refractivity contribution is -0.158. The normalized spacial score (nSPS) is 15.9. The third-order valence-corrected chi connectivity index (χ3v) is 4.55. The summed E-state index contributed by atoms with van der Waals surface area (Å²) in [5, 5.41) is 0. The highest BCUT2D eigenvalue weighted by molar-refractivity contribution is 5.74. The van der Waals surface area contributed by atoms with Crippen LogP contribution in [0.2, 0.25) is 0 Å². The molecule has 3 rings (SSSR count). The molecule has 2 aromatic carbocycles. The molecule has 1 aliphatic carbocycles. The van der Waals surface area contributed by atoms with Crippen molar-refractivity contribution in [3.05, 3.63) is 60.2 Å². The van der Waals surface area contributed by atoms with Gasteiger partial charge in [-0.3, -0.25) is 0 Å². The van der Waals surface area contributed by atoms with Crippen molar-refractivity contribution in [3.63, 3.8) is 0 Å². The van der Waals surface area contributed by atoms with Crippen molar-refractivity contribution in [2.45, 2.75) is 57.8 Å². The molecule has 0 radical (unpaired) electrons. The third kappa shape index (κ3) is 5.51. The second-order valence-electron chi connectivity index (χ2n) is 6.70. The van der Waals surface area contributed by atoms with Crippen molar-refractivity contribution in [1.29, 1.82) is 0 Å². The van der Waals surface area contributed by atoms with Crippen molar-refractivity contribution in [1.82, 2.24) is 0 Å². The molecule has 138 valence electrons. The first-order valence-corrected chi connectivity index (χ1v) is 9.34. The van der Waals surface area contributed by atoms with Crippen molar-refractivity contribution in [2.24, 2.45) is 0 Å². The standard InChI is InChI=1S/C22H26O4/c1-17(22(23)26-20-10-6-3-7-11-20)25-21-14-12-19(13-15-21)24-16-18-8-4-2-5-9-18/h2,4-5,8-9,12-15,17,20H,3,6-7,10-11,16H2,1H3. The number of esters is 1. The molecule has 1 saturated carbocycles. The summed E-state index contributed by atoms with van der Waals surface area (Å²) in [6.45, 7) is 2.25. The predicted molar refractivity (Wildman–Crippen MR) is 100 cm³/mol. The lowest BCUT2D eigenvalue weighted by Crippen LogP contribution is -2.31. The van der Waals surface area contributed by atoms with Crippen LogP contribution in [0.3, 0.4) is 0 Å². The van der Waals surface area contributed by atoms with Crippen LogP contribution in [0.15, 0.2) is 54.6 Å². The predicted octanol–water partition coefficient (Wildman–Crippen LogP) is 4.91. The number of carbonyl (C=O) groups is 1. The van der Waals surface area contributed by atoms with Gasteiger partial charge in [-0.25, -0.2) is 4.79 Å². The lowest BCUT2D eigenvalue weighted by Gasteiger charge is -2.23. The molecule has 1 unspecified atom stereocenters. The summed E-state index contributed by atoms with van der Waals surface area (Å²) in [7, 11) is 0. The van der Waals surface area contributed by atoms with E-state index in [-0.39, 0.29) is 12.1 Å². The zero-order valence-corrected chi connectivity index (χ0v) is 15.2. The Morgan fingerprint density at radius 2 is 1.62 bits per heavy atom. The van der Waals surface area contributed by atoms with Gasteiger partial charge in [-0.1, -0.05) is 36.8 Å². The smallest absolute Gasteiger partial charge is 0.347 e. The highest BCUT2D eigenvalue weighted by atomic mass is 16.6. The van der Waals surface area contributed by atoms with Crippen LogP contribution in [0.1, 0.15) is 44.6 Å². The van der Waals surface area contributed by atoms with Gasteiger partial charge in [-0.15, -0.1) is 0 Å². The Labute approximate surface area is 155 Å². The van der Waals surface area contributed by atoms with Crippen LogP contribution in [0.5, 0.6) is 11.5 Å². The zero-order chi connectivity index (χ0) is 18.2. The van der Waals surface area contributed by atoms with Crippen LogP contribution < -0.4 is 9.47 Å². The molecule has 0 bridgehead atoms. The maximum Gasteiger partial charge on any atom is 0.347 e. The van der Waals surface area contributed by atoms with E-state index >= 15 is 0 Å². The molecule has 1 aliphatic rings. The quantitative estimate of drug-likeness (QED) is 0.663. The summed E-state index contributed by atoms with van der Waals surface area (Å²) in [6.07, 6.45) is 4.87. The van der Waals surface area contributed by atoms with Gasteiger partial charge in [-0.05, 0) is 62.4 Å². The van der Waals surface area contributed by atoms with Crippen molar-refractivity contribution in [2.75, 3.05) is 0 Å². The number of hydrogen-bond acceptors (Lipinski definition) is 4. The van der Waals surface area contributed by atoms with Crippen LogP contribution in [0.4, 0.5) is 0 Å². The summed E-state index contributed by atoms with van der Waals surface area (Å²) in [4.78, 5) is 12.2. The average Bonchev–Trinajstić information content (AvgIpc) is 2.69. The van der Waals surface area contributed by atoms with Gasteiger partial charge in [0.15, 0.2) is 6.10 Å². The Morgan fingerprint density at radius 3 is 2.31 bits per heavy atom. The van der Waals surface area contributed by atoms with Gasteiger partial charge in [-0.2, -0.15) is 0 Å². The summed E-state index contributed by atoms with van der Waals surface area (Å²) in [6, 6.07) is 17.3. The van der Waals surface area contributed by atoms with Crippen molar-refractivity contribution in [3.8, 4) is 11.5 Å². The summed E-state index contributed by atoms with van der Waals surface area (Å²) < 4.78 is 17.0. The molecular formula is C22H26O4. The molecule has 1 fully saturated rings. The van der Waals surface area contributed by atoms with Gasteiger partial charge in [0.05, 0.1) is 0 Å². The number of rotatable bonds is 7. The molecule has 0 saturated heterocycles. The summed E-state index contributed by atoms with van der Waals surface area (Å²) >= 11 is 0. The maximum atomic E-state index is 12.2. The first kappa shape index (κ1) is 18.3. The number of benzene rings is 2. The van der Waals surface area contributed by atoms with Crippen LogP contribution >= 0.6 is 0 Å². The highest BCUT2D eigenvalue weighted by Crippen LogP contribution is 2.22. The molecule has 1 atom stereocenters. The minimum Gasteiger partial charge on any atom is -0.489 e. The molecule has 0 aromatic heterocycles. The SMILES string of the molecule is CC(Oc1ccc(OCc2ccccc2)cc1)C(=O)OC1CCCCC1. The fourth-order valence-corrected chi connectivity index (χ4v) is 3.05. The van der Waals surface area contributed by atoms with E-state index in [2.05, 4.69) is 0 Å². The van der Waals surface area contributed by atoms with Gasteiger partial charge < -0.3 is 14.2 Å². The molecular weight excluding hydrogens is 328 g/mol. The van der Waals surface area contributed by atoms with Gasteiger partial charge in [0.25, 0.3) is 0 Å². The first-order valence-electron chi connectivity index (χ1n) is 9.34. The molecule has 2 aromatic rings. The Morgan fingerprint density at radius 1 is 0.962 bits per heavy atom. The van der Waals surface area contributed by atoms with Gasteiger partial charge in [0, 0.05) is 0 Å². The molecule has 0 N–H and O–H groups in total. The van der Waals surface area contributed by atoms with Gasteiger partial charge in [0.1, 0.15) is 24.2 Å². The Balaban J connectivity index is 1.46. The molecule has 4 heteroatoms. The number of carbonyl (C=O) groups excluding carboxylic acids is 1. The minimum absolute atomic E-state index is 0.0519. The van der Waals surface area contributed by atoms with E-state index < -0.39 is 6.10 Å². The fraction of sp³-hybridized carbons (Fsp3) is 0.409. The average molecular weight is 354 g/mol. The molecule has 0 aliphatic heterocycles. The van der Waals surface area contributed by atoms with Gasteiger partial charge in [0.2, 0.25) is 0 Å². The monoisotopic (exact) mass is 354 g/mol. The van der Waals surface area contributed by atoms with Crippen LogP contribution in [0.25, 0.3) is 0 Å². The number of hydrogen-bond donors (Lipinski definition) is 0. The largest absolute Gasteiger partial charge is 0.489 e. The summed E-state index contributed by atoms with van der Waals surface area (Å²) in [5.41, 5.74) is 1.12. The third-order valence-electron chi connectivity index (χ3n) is 4.55. The van der Waals surface area contributed by atoms with Crippen LogP contribution in [-0.2, 0) is 16.1 Å². The molecule has 26 heavy (non-hydrogen) atoms. The van der Waals surface area contributed by atoms with E-state index in [1.165, 1.54) is 6.42 Å². The van der Waals surface area contributed by atoms with Crippen molar-refractivity contribution < 1.29 is 19.0 Å². The number of ether oxygens (including phenoxy) is 3. The Bertz CT molecular complexity index is 675. The molecule has 0 spiro atoms. The topological polar surface area (TPSA) is 44.8 Å². The maximum absolute atomic E-state index is 12.2. The molecule has 0 heterocycles. The zero-order valence-electron chi connectivity index (χ0n) is 15.2. The van der Waals surface area contributed by atoms with Crippen LogP contribution in [0, 0.1) is 0 Å². The Hall–Kier alpha value is -2.49. The second-order valence-corrected chi connectivity index (χ2v) is 6.70. The van der Waals surface area contributed by atoms with Crippen LogP contribution in [-0.4, -0.2) is 18.2 Å². The summed E-state index contributed by atoms with van der Waals surface area (Å²) in [5.74, 6) is 1.10.